The Morgan fingerprint density at radius 1 is 1.19 bits per heavy atom. The smallest absolute Gasteiger partial charge is 0.242 e. The van der Waals surface area contributed by atoms with Crippen LogP contribution in [0.2, 0.25) is 0 Å². The van der Waals surface area contributed by atoms with Gasteiger partial charge >= 0.3 is 0 Å². The summed E-state index contributed by atoms with van der Waals surface area (Å²) < 4.78 is 0. The van der Waals surface area contributed by atoms with Gasteiger partial charge in [-0.25, -0.2) is 0 Å². The van der Waals surface area contributed by atoms with Crippen molar-refractivity contribution in [3.05, 3.63) is 30.3 Å². The van der Waals surface area contributed by atoms with Crippen LogP contribution in [-0.4, -0.2) is 36.0 Å². The molecule has 1 amide bonds. The van der Waals surface area contributed by atoms with Gasteiger partial charge in [-0.3, -0.25) is 4.79 Å². The van der Waals surface area contributed by atoms with Gasteiger partial charge in [0.1, 0.15) is 0 Å². The fourth-order valence-electron chi connectivity index (χ4n) is 3.37. The third-order valence-corrected chi connectivity index (χ3v) is 4.39. The van der Waals surface area contributed by atoms with Crippen LogP contribution < -0.4 is 4.90 Å². The molecular weight excluding hydrogens is 260 g/mol. The topological polar surface area (TPSA) is 23.6 Å². The molecular formula is C18H28N2O. The number of benzene rings is 1. The Bertz CT molecular complexity index is 438. The molecule has 0 heterocycles. The number of hydrogen-bond acceptors (Lipinski definition) is 2. The fraction of sp³-hybridized carbons (Fsp3) is 0.611. The number of carbonyl (C=O) groups is 1. The van der Waals surface area contributed by atoms with Gasteiger partial charge in [0.05, 0.1) is 6.54 Å². The van der Waals surface area contributed by atoms with Crippen LogP contribution in [0.5, 0.6) is 0 Å². The average molecular weight is 288 g/mol. The van der Waals surface area contributed by atoms with Gasteiger partial charge < -0.3 is 9.80 Å². The van der Waals surface area contributed by atoms with Crippen LogP contribution in [0.25, 0.3) is 0 Å². The highest BCUT2D eigenvalue weighted by Gasteiger charge is 2.29. The normalized spacial score (nSPS) is 15.4. The largest absolute Gasteiger partial charge is 0.362 e. The van der Waals surface area contributed by atoms with Crippen LogP contribution in [0.4, 0.5) is 5.69 Å². The van der Waals surface area contributed by atoms with Crippen molar-refractivity contribution >= 4 is 11.6 Å². The summed E-state index contributed by atoms with van der Waals surface area (Å²) in [6.45, 7) is 7.71. The van der Waals surface area contributed by atoms with E-state index in [1.807, 2.05) is 18.2 Å². The highest BCUT2D eigenvalue weighted by molar-refractivity contribution is 5.82. The highest BCUT2D eigenvalue weighted by Crippen LogP contribution is 2.25. The van der Waals surface area contributed by atoms with Crippen LogP contribution in [0.1, 0.15) is 46.5 Å². The molecule has 3 heteroatoms. The number of hydrogen-bond donors (Lipinski definition) is 0. The van der Waals surface area contributed by atoms with Gasteiger partial charge in [0, 0.05) is 24.3 Å². The Balaban J connectivity index is 2.06. The van der Waals surface area contributed by atoms with Crippen molar-refractivity contribution in [3.8, 4) is 0 Å². The van der Waals surface area contributed by atoms with Gasteiger partial charge in [0.25, 0.3) is 0 Å². The molecule has 0 unspecified atom stereocenters. The summed E-state index contributed by atoms with van der Waals surface area (Å²) >= 11 is 0. The average Bonchev–Trinajstić information content (AvgIpc) is 2.99. The molecule has 1 aliphatic rings. The summed E-state index contributed by atoms with van der Waals surface area (Å²) in [5, 5.41) is 0. The Hall–Kier alpha value is -1.51. The lowest BCUT2D eigenvalue weighted by atomic mass is 10.1. The number of anilines is 1. The molecule has 0 aromatic heterocycles. The van der Waals surface area contributed by atoms with Gasteiger partial charge in [-0.1, -0.05) is 31.0 Å². The second-order valence-electron chi connectivity index (χ2n) is 6.18. The first-order chi connectivity index (χ1) is 10.1. The van der Waals surface area contributed by atoms with E-state index in [4.69, 9.17) is 0 Å². The first-order valence-electron chi connectivity index (χ1n) is 8.24. The van der Waals surface area contributed by atoms with Gasteiger partial charge in [0.2, 0.25) is 5.91 Å². The minimum atomic E-state index is 0.266. The Morgan fingerprint density at radius 3 is 2.33 bits per heavy atom. The van der Waals surface area contributed by atoms with Crippen molar-refractivity contribution in [2.45, 2.75) is 58.5 Å². The van der Waals surface area contributed by atoms with E-state index in [1.54, 1.807) is 0 Å². The summed E-state index contributed by atoms with van der Waals surface area (Å²) in [4.78, 5) is 17.1. The van der Waals surface area contributed by atoms with Gasteiger partial charge in [-0.15, -0.1) is 0 Å². The molecule has 0 bridgehead atoms. The van der Waals surface area contributed by atoms with Gasteiger partial charge in [0.15, 0.2) is 0 Å². The van der Waals surface area contributed by atoms with E-state index in [-0.39, 0.29) is 11.9 Å². The zero-order valence-corrected chi connectivity index (χ0v) is 13.6. The summed E-state index contributed by atoms with van der Waals surface area (Å²) in [6.07, 6.45) is 4.86. The van der Waals surface area contributed by atoms with Gasteiger partial charge in [-0.2, -0.15) is 0 Å². The molecule has 21 heavy (non-hydrogen) atoms. The molecule has 1 aromatic rings. The molecule has 0 spiro atoms. The van der Waals surface area contributed by atoms with E-state index in [9.17, 15) is 4.79 Å². The van der Waals surface area contributed by atoms with Crippen LogP contribution in [0.3, 0.4) is 0 Å². The molecule has 0 atom stereocenters. The van der Waals surface area contributed by atoms with Gasteiger partial charge in [-0.05, 0) is 45.7 Å². The zero-order chi connectivity index (χ0) is 15.2. The second kappa shape index (κ2) is 7.48. The minimum Gasteiger partial charge on any atom is -0.362 e. The summed E-state index contributed by atoms with van der Waals surface area (Å²) in [6, 6.07) is 11.0. The number of amides is 1. The Labute approximate surface area is 128 Å². The van der Waals surface area contributed by atoms with Crippen molar-refractivity contribution in [1.29, 1.82) is 0 Å². The maximum atomic E-state index is 12.8. The van der Waals surface area contributed by atoms with Crippen molar-refractivity contribution in [2.24, 2.45) is 0 Å². The molecule has 1 saturated carbocycles. The van der Waals surface area contributed by atoms with E-state index in [1.165, 1.54) is 25.7 Å². The van der Waals surface area contributed by atoms with Crippen molar-refractivity contribution in [3.63, 3.8) is 0 Å². The number of para-hydroxylation sites is 1. The number of likely N-dealkylation sites (N-methyl/N-ethyl adjacent to an activating group) is 1. The number of carbonyl (C=O) groups excluding carboxylic acids is 1. The standard InChI is InChI=1S/C18H28N2O/c1-4-19(16-10-6-5-7-11-16)14-18(21)20(15(2)3)17-12-8-9-13-17/h5-7,10-11,15,17H,4,8-9,12-14H2,1-3H3. The summed E-state index contributed by atoms with van der Waals surface area (Å²) in [5.74, 6) is 0.266. The minimum absolute atomic E-state index is 0.266. The third-order valence-electron chi connectivity index (χ3n) is 4.39. The number of rotatable bonds is 6. The predicted octanol–water partition coefficient (Wildman–Crippen LogP) is 3.69. The lowest BCUT2D eigenvalue weighted by Crippen LogP contribution is -2.48. The summed E-state index contributed by atoms with van der Waals surface area (Å²) in [7, 11) is 0. The zero-order valence-electron chi connectivity index (χ0n) is 13.6. The molecule has 0 saturated heterocycles. The lowest BCUT2D eigenvalue weighted by Gasteiger charge is -2.35. The van der Waals surface area contributed by atoms with E-state index < -0.39 is 0 Å². The Morgan fingerprint density at radius 2 is 1.81 bits per heavy atom. The van der Waals surface area contributed by atoms with E-state index in [0.29, 0.717) is 12.6 Å². The molecule has 0 aliphatic heterocycles. The van der Waals surface area contributed by atoms with E-state index in [0.717, 1.165) is 12.2 Å². The number of nitrogens with zero attached hydrogens (tertiary/aromatic N) is 2. The monoisotopic (exact) mass is 288 g/mol. The quantitative estimate of drug-likeness (QED) is 0.797. The second-order valence-corrected chi connectivity index (χ2v) is 6.18. The molecule has 0 N–H and O–H groups in total. The molecule has 0 radical (unpaired) electrons. The van der Waals surface area contributed by atoms with Crippen molar-refractivity contribution in [1.82, 2.24) is 4.90 Å². The predicted molar refractivity (Wildman–Crippen MR) is 88.6 cm³/mol. The van der Waals surface area contributed by atoms with Crippen LogP contribution in [0.15, 0.2) is 30.3 Å². The Kier molecular flexibility index (Phi) is 5.66. The first-order valence-corrected chi connectivity index (χ1v) is 8.24. The van der Waals surface area contributed by atoms with E-state index in [2.05, 4.69) is 42.7 Å². The first kappa shape index (κ1) is 15.9. The highest BCUT2D eigenvalue weighted by atomic mass is 16.2. The van der Waals surface area contributed by atoms with Crippen LogP contribution in [0, 0.1) is 0 Å². The molecule has 1 fully saturated rings. The van der Waals surface area contributed by atoms with E-state index >= 15 is 0 Å². The van der Waals surface area contributed by atoms with Crippen LogP contribution in [-0.2, 0) is 4.79 Å². The molecule has 2 rings (SSSR count). The lowest BCUT2D eigenvalue weighted by molar-refractivity contribution is -0.133. The summed E-state index contributed by atoms with van der Waals surface area (Å²) in [5.41, 5.74) is 1.13. The molecule has 3 nitrogen and oxygen atoms in total. The van der Waals surface area contributed by atoms with Crippen LogP contribution >= 0.6 is 0 Å². The third kappa shape index (κ3) is 3.99. The molecule has 116 valence electrons. The fourth-order valence-corrected chi connectivity index (χ4v) is 3.37. The molecule has 1 aliphatic carbocycles. The molecule has 1 aromatic carbocycles. The maximum absolute atomic E-state index is 12.8. The van der Waals surface area contributed by atoms with Crippen molar-refractivity contribution < 1.29 is 4.79 Å². The SMILES string of the molecule is CCN(CC(=O)N(C(C)C)C1CCCC1)c1ccccc1. The van der Waals surface area contributed by atoms with Crippen molar-refractivity contribution in [2.75, 3.05) is 18.0 Å². The maximum Gasteiger partial charge on any atom is 0.242 e.